The number of benzene rings is 1. The summed E-state index contributed by atoms with van der Waals surface area (Å²) in [5.41, 5.74) is 8.62. The smallest absolute Gasteiger partial charge is 0.336 e. The molecule has 5 N–H and O–H groups in total. The van der Waals surface area contributed by atoms with E-state index in [1.165, 1.54) is 0 Å². The number of aromatic hydroxyl groups is 1. The van der Waals surface area contributed by atoms with E-state index in [-0.39, 0.29) is 17.1 Å². The van der Waals surface area contributed by atoms with Gasteiger partial charge in [-0.3, -0.25) is 0 Å². The Morgan fingerprint density at radius 2 is 2.08 bits per heavy atom. The fraction of sp³-hybridized carbons (Fsp3) is 0.235. The fourth-order valence-corrected chi connectivity index (χ4v) is 3.17. The van der Waals surface area contributed by atoms with Gasteiger partial charge in [0, 0.05) is 11.3 Å². The second-order valence-electron chi connectivity index (χ2n) is 5.63. The van der Waals surface area contributed by atoms with E-state index in [1.54, 1.807) is 38.1 Å². The Morgan fingerprint density at radius 1 is 1.40 bits per heavy atom. The van der Waals surface area contributed by atoms with E-state index in [9.17, 15) is 9.90 Å². The maximum atomic E-state index is 12.6. The van der Waals surface area contributed by atoms with Crippen molar-refractivity contribution in [1.29, 1.82) is 0 Å². The number of phenolic OH excluding ortho intramolecular Hbond substituents is 1. The van der Waals surface area contributed by atoms with Crippen LogP contribution in [-0.2, 0) is 9.53 Å². The normalized spacial score (nSPS) is 16.2. The minimum atomic E-state index is -0.491. The number of carbonyl (C=O) groups excluding carboxylic acids is 1. The minimum Gasteiger partial charge on any atom is -0.508 e. The molecular weight excluding hydrogens is 340 g/mol. The number of carbonyl (C=O) groups is 1. The first-order valence-corrected chi connectivity index (χ1v) is 8.16. The van der Waals surface area contributed by atoms with Gasteiger partial charge in [0.05, 0.1) is 18.1 Å². The second-order valence-corrected chi connectivity index (χ2v) is 6.01. The van der Waals surface area contributed by atoms with Gasteiger partial charge >= 0.3 is 5.97 Å². The lowest BCUT2D eigenvalue weighted by atomic mass is 9.82. The third kappa shape index (κ3) is 3.08. The number of nitrogens with one attached hydrogen (secondary N) is 2. The summed E-state index contributed by atoms with van der Waals surface area (Å²) in [7, 11) is 0. The van der Waals surface area contributed by atoms with E-state index >= 15 is 0 Å². The molecule has 0 amide bonds. The van der Waals surface area contributed by atoms with Gasteiger partial charge in [-0.1, -0.05) is 12.1 Å². The third-order valence-corrected chi connectivity index (χ3v) is 4.20. The number of hydrogen-bond donors (Lipinski definition) is 4. The highest BCUT2D eigenvalue weighted by Crippen LogP contribution is 2.43. The van der Waals surface area contributed by atoms with E-state index in [4.69, 9.17) is 22.7 Å². The van der Waals surface area contributed by atoms with Crippen LogP contribution in [0.3, 0.4) is 0 Å². The first-order valence-electron chi connectivity index (χ1n) is 7.76. The van der Waals surface area contributed by atoms with Crippen LogP contribution in [-0.4, -0.2) is 27.7 Å². The predicted molar refractivity (Wildman–Crippen MR) is 96.7 cm³/mol. The van der Waals surface area contributed by atoms with Crippen LogP contribution in [0.1, 0.15) is 30.9 Å². The van der Waals surface area contributed by atoms with Crippen LogP contribution in [0.15, 0.2) is 35.5 Å². The molecule has 0 bridgehead atoms. The molecule has 1 aromatic carbocycles. The van der Waals surface area contributed by atoms with Gasteiger partial charge in [0.15, 0.2) is 4.77 Å². The zero-order valence-corrected chi connectivity index (χ0v) is 14.6. The Hall–Kier alpha value is -2.87. The molecule has 0 radical (unpaired) electrons. The van der Waals surface area contributed by atoms with E-state index in [1.807, 2.05) is 0 Å². The van der Waals surface area contributed by atoms with E-state index in [2.05, 4.69) is 15.3 Å². The lowest BCUT2D eigenvalue weighted by Crippen LogP contribution is -2.26. The van der Waals surface area contributed by atoms with Crippen LogP contribution < -0.4 is 11.1 Å². The summed E-state index contributed by atoms with van der Waals surface area (Å²) in [5.74, 6) is 0.0444. The second kappa shape index (κ2) is 6.56. The number of nitrogens with two attached hydrogens (primary N) is 1. The Labute approximate surface area is 149 Å². The summed E-state index contributed by atoms with van der Waals surface area (Å²) < 4.78 is 5.48. The van der Waals surface area contributed by atoms with Crippen molar-refractivity contribution in [3.63, 3.8) is 0 Å². The molecule has 1 aliphatic heterocycles. The van der Waals surface area contributed by atoms with Gasteiger partial charge in [0.2, 0.25) is 0 Å². The zero-order valence-electron chi connectivity index (χ0n) is 13.8. The highest BCUT2D eigenvalue weighted by atomic mass is 32.1. The average Bonchev–Trinajstić information content (AvgIpc) is 2.54. The monoisotopic (exact) mass is 358 g/mol. The number of phenols is 1. The Bertz CT molecular complexity index is 918. The summed E-state index contributed by atoms with van der Waals surface area (Å²) in [6.07, 6.45) is 0. The highest BCUT2D eigenvalue weighted by molar-refractivity contribution is 7.71. The van der Waals surface area contributed by atoms with Crippen molar-refractivity contribution in [1.82, 2.24) is 9.97 Å². The summed E-state index contributed by atoms with van der Waals surface area (Å²) in [5, 5.41) is 12.7. The zero-order chi connectivity index (χ0) is 18.1. The van der Waals surface area contributed by atoms with Crippen LogP contribution >= 0.6 is 12.2 Å². The quantitative estimate of drug-likeness (QED) is 0.493. The molecule has 130 valence electrons. The fourth-order valence-electron chi connectivity index (χ4n) is 2.97. The lowest BCUT2D eigenvalue weighted by molar-refractivity contribution is -0.138. The van der Waals surface area contributed by atoms with Crippen molar-refractivity contribution in [2.24, 2.45) is 0 Å². The molecule has 0 saturated heterocycles. The maximum absolute atomic E-state index is 12.6. The van der Waals surface area contributed by atoms with Crippen molar-refractivity contribution < 1.29 is 14.6 Å². The number of H-pyrrole nitrogens is 1. The predicted octanol–water partition coefficient (Wildman–Crippen LogP) is 2.82. The van der Waals surface area contributed by atoms with Gasteiger partial charge in [-0.15, -0.1) is 0 Å². The van der Waals surface area contributed by atoms with Crippen LogP contribution in [0, 0.1) is 4.77 Å². The Balaban J connectivity index is 2.26. The van der Waals surface area contributed by atoms with Crippen molar-refractivity contribution in [3.8, 4) is 5.75 Å². The first kappa shape index (κ1) is 17.0. The molecule has 1 aromatic heterocycles. The summed E-state index contributed by atoms with van der Waals surface area (Å²) in [4.78, 5) is 19.7. The van der Waals surface area contributed by atoms with Gasteiger partial charge in [0.25, 0.3) is 0 Å². The van der Waals surface area contributed by atoms with Crippen LogP contribution in [0.4, 0.5) is 11.6 Å². The van der Waals surface area contributed by atoms with Crippen LogP contribution in [0.2, 0.25) is 0 Å². The molecule has 8 heteroatoms. The number of allylic oxidation sites excluding steroid dienone is 1. The molecule has 25 heavy (non-hydrogen) atoms. The van der Waals surface area contributed by atoms with Crippen LogP contribution in [0.25, 0.3) is 0 Å². The largest absolute Gasteiger partial charge is 0.508 e. The number of ether oxygens (including phenoxy) is 1. The SMILES string of the molecule is CCOC(=O)C1=C(C)Nc2nc(=S)[nH]c(N)c2C1c1ccc(O)cc1. The van der Waals surface area contributed by atoms with Crippen molar-refractivity contribution >= 4 is 29.8 Å². The Kier molecular flexibility index (Phi) is 4.45. The summed E-state index contributed by atoms with van der Waals surface area (Å²) in [6, 6.07) is 6.60. The first-order chi connectivity index (χ1) is 11.9. The summed E-state index contributed by atoms with van der Waals surface area (Å²) >= 11 is 5.09. The Morgan fingerprint density at radius 3 is 2.72 bits per heavy atom. The van der Waals surface area contributed by atoms with Gasteiger partial charge in [-0.25, -0.2) is 9.78 Å². The molecule has 0 spiro atoms. The molecule has 0 aliphatic carbocycles. The van der Waals surface area contributed by atoms with Gasteiger partial charge < -0.3 is 25.9 Å². The number of nitrogen functional groups attached to an aromatic ring is 1. The maximum Gasteiger partial charge on any atom is 0.336 e. The number of esters is 1. The van der Waals surface area contributed by atoms with Gasteiger partial charge in [0.1, 0.15) is 17.4 Å². The number of nitrogens with zero attached hydrogens (tertiary/aromatic N) is 1. The molecule has 3 rings (SSSR count). The van der Waals surface area contributed by atoms with E-state index in [0.717, 1.165) is 5.56 Å². The van der Waals surface area contributed by atoms with E-state index in [0.29, 0.717) is 28.5 Å². The van der Waals surface area contributed by atoms with E-state index < -0.39 is 11.9 Å². The molecule has 0 fully saturated rings. The number of rotatable bonds is 3. The number of anilines is 2. The lowest BCUT2D eigenvalue weighted by Gasteiger charge is -2.30. The van der Waals surface area contributed by atoms with Crippen molar-refractivity contribution in [2.45, 2.75) is 19.8 Å². The molecule has 2 aromatic rings. The molecule has 1 atom stereocenters. The number of aromatic amines is 1. The van der Waals surface area contributed by atoms with Gasteiger partial charge in [-0.2, -0.15) is 0 Å². The highest BCUT2D eigenvalue weighted by Gasteiger charge is 2.35. The van der Waals surface area contributed by atoms with Crippen LogP contribution in [0.5, 0.6) is 5.75 Å². The van der Waals surface area contributed by atoms with Crippen molar-refractivity contribution in [2.75, 3.05) is 17.7 Å². The molecule has 0 saturated carbocycles. The number of aromatic nitrogens is 2. The number of fused-ring (bicyclic) bond motifs is 1. The molecule has 7 nitrogen and oxygen atoms in total. The van der Waals surface area contributed by atoms with Gasteiger partial charge in [-0.05, 0) is 43.8 Å². The third-order valence-electron chi connectivity index (χ3n) is 4.01. The molecular formula is C17H18N4O3S. The average molecular weight is 358 g/mol. The standard InChI is InChI=1S/C17H18N4O3S/c1-3-24-16(23)11-8(2)19-15-13(14(18)20-17(25)21-15)12(11)9-4-6-10(22)7-5-9/h4-7,12,22H,3H2,1-2H3,(H4,18,19,20,21,25). The molecule has 1 unspecified atom stereocenters. The minimum absolute atomic E-state index is 0.134. The topological polar surface area (TPSA) is 113 Å². The summed E-state index contributed by atoms with van der Waals surface area (Å²) in [6.45, 7) is 3.79. The number of hydrogen-bond acceptors (Lipinski definition) is 7. The van der Waals surface area contributed by atoms with Crippen molar-refractivity contribution in [3.05, 3.63) is 51.4 Å². The molecule has 2 heterocycles. The molecule has 1 aliphatic rings.